The second-order valence-corrected chi connectivity index (χ2v) is 15.6. The lowest BCUT2D eigenvalue weighted by molar-refractivity contribution is -0.167. The average Bonchev–Trinajstić information content (AvgIpc) is 3.15. The van der Waals surface area contributed by atoms with Gasteiger partial charge in [-0.15, -0.1) is 0 Å². The number of ether oxygens (including phenoxy) is 3. The van der Waals surface area contributed by atoms with Gasteiger partial charge in [0.15, 0.2) is 6.10 Å². The zero-order valence-corrected chi connectivity index (χ0v) is 35.6. The molecule has 0 radical (unpaired) electrons. The Morgan fingerprint density at radius 1 is 0.377 bits per heavy atom. The predicted octanol–water partition coefficient (Wildman–Crippen LogP) is 14.6. The van der Waals surface area contributed by atoms with Crippen molar-refractivity contribution in [2.24, 2.45) is 0 Å². The standard InChI is InChI=1S/C47H88O6/c1-4-7-10-13-16-19-21-23-25-28-30-33-36-39-45(48)51-42-44(53-47(50)41-38-35-32-27-18-15-12-9-6-3)43-52-46(49)40-37-34-31-29-26-24-22-20-17-14-11-8-5-2/h9,12,44H,4-8,10-11,13-43H2,1-3H3/b12-9-. The first-order chi connectivity index (χ1) is 26.0. The summed E-state index contributed by atoms with van der Waals surface area (Å²) in [4.78, 5) is 37.7. The van der Waals surface area contributed by atoms with E-state index < -0.39 is 6.10 Å². The molecule has 0 spiro atoms. The van der Waals surface area contributed by atoms with Gasteiger partial charge in [0.2, 0.25) is 0 Å². The molecule has 0 aromatic heterocycles. The molecule has 312 valence electrons. The van der Waals surface area contributed by atoms with E-state index in [2.05, 4.69) is 32.9 Å². The number of rotatable bonds is 42. The van der Waals surface area contributed by atoms with Gasteiger partial charge in [-0.2, -0.15) is 0 Å². The topological polar surface area (TPSA) is 78.9 Å². The van der Waals surface area contributed by atoms with Crippen LogP contribution in [0.1, 0.15) is 252 Å². The Morgan fingerprint density at radius 2 is 0.679 bits per heavy atom. The van der Waals surface area contributed by atoms with Crippen LogP contribution in [0.4, 0.5) is 0 Å². The molecule has 0 aliphatic carbocycles. The highest BCUT2D eigenvalue weighted by Crippen LogP contribution is 2.15. The van der Waals surface area contributed by atoms with Crippen molar-refractivity contribution in [3.63, 3.8) is 0 Å². The Balaban J connectivity index is 4.29. The van der Waals surface area contributed by atoms with Gasteiger partial charge in [0.25, 0.3) is 0 Å². The monoisotopic (exact) mass is 749 g/mol. The summed E-state index contributed by atoms with van der Waals surface area (Å²) in [5, 5.41) is 0. The van der Waals surface area contributed by atoms with Crippen molar-refractivity contribution >= 4 is 17.9 Å². The van der Waals surface area contributed by atoms with Gasteiger partial charge in [0.1, 0.15) is 13.2 Å². The van der Waals surface area contributed by atoms with E-state index in [1.807, 2.05) is 0 Å². The molecule has 0 saturated heterocycles. The summed E-state index contributed by atoms with van der Waals surface area (Å²) >= 11 is 0. The van der Waals surface area contributed by atoms with E-state index in [1.165, 1.54) is 135 Å². The van der Waals surface area contributed by atoms with E-state index in [9.17, 15) is 14.4 Å². The highest BCUT2D eigenvalue weighted by Gasteiger charge is 2.19. The number of unbranched alkanes of at least 4 members (excludes halogenated alkanes) is 29. The Morgan fingerprint density at radius 3 is 1.02 bits per heavy atom. The van der Waals surface area contributed by atoms with Gasteiger partial charge in [0.05, 0.1) is 0 Å². The second-order valence-electron chi connectivity index (χ2n) is 15.6. The minimum absolute atomic E-state index is 0.0691. The summed E-state index contributed by atoms with van der Waals surface area (Å²) in [5.74, 6) is -0.872. The highest BCUT2D eigenvalue weighted by molar-refractivity contribution is 5.71. The van der Waals surface area contributed by atoms with Crippen LogP contribution in [0.3, 0.4) is 0 Å². The lowest BCUT2D eigenvalue weighted by atomic mass is 10.0. The normalized spacial score (nSPS) is 11.5. The second kappa shape index (κ2) is 42.9. The smallest absolute Gasteiger partial charge is 0.306 e. The first kappa shape index (κ1) is 51.1. The molecule has 0 rings (SSSR count). The van der Waals surface area contributed by atoms with Crippen molar-refractivity contribution in [1.29, 1.82) is 0 Å². The Kier molecular flexibility index (Phi) is 41.4. The highest BCUT2D eigenvalue weighted by atomic mass is 16.6. The van der Waals surface area contributed by atoms with Crippen LogP contribution in [0.2, 0.25) is 0 Å². The third-order valence-corrected chi connectivity index (χ3v) is 10.3. The summed E-state index contributed by atoms with van der Waals surface area (Å²) in [6.07, 6.45) is 44.8. The van der Waals surface area contributed by atoms with Gasteiger partial charge >= 0.3 is 17.9 Å². The molecule has 53 heavy (non-hydrogen) atoms. The number of hydrogen-bond acceptors (Lipinski definition) is 6. The zero-order valence-electron chi connectivity index (χ0n) is 35.6. The number of hydrogen-bond donors (Lipinski definition) is 0. The number of allylic oxidation sites excluding steroid dienone is 2. The summed E-state index contributed by atoms with van der Waals surface area (Å²) in [5.41, 5.74) is 0. The van der Waals surface area contributed by atoms with Gasteiger partial charge in [0, 0.05) is 19.3 Å². The molecular formula is C47H88O6. The quantitative estimate of drug-likeness (QED) is 0.0268. The van der Waals surface area contributed by atoms with Crippen LogP contribution in [0.5, 0.6) is 0 Å². The van der Waals surface area contributed by atoms with Crippen LogP contribution in [-0.2, 0) is 28.6 Å². The van der Waals surface area contributed by atoms with Gasteiger partial charge < -0.3 is 14.2 Å². The van der Waals surface area contributed by atoms with Crippen molar-refractivity contribution in [2.75, 3.05) is 13.2 Å². The summed E-state index contributed by atoms with van der Waals surface area (Å²) in [6.45, 7) is 6.54. The number of carbonyl (C=O) groups is 3. The number of carbonyl (C=O) groups excluding carboxylic acids is 3. The van der Waals surface area contributed by atoms with E-state index in [1.54, 1.807) is 0 Å². The molecule has 0 bridgehead atoms. The minimum atomic E-state index is -0.765. The van der Waals surface area contributed by atoms with Crippen LogP contribution in [0.15, 0.2) is 12.2 Å². The van der Waals surface area contributed by atoms with Crippen LogP contribution in [0, 0.1) is 0 Å². The summed E-state index contributed by atoms with van der Waals surface area (Å²) in [6, 6.07) is 0. The molecule has 0 N–H and O–H groups in total. The molecule has 0 saturated carbocycles. The third-order valence-electron chi connectivity index (χ3n) is 10.3. The fourth-order valence-corrected chi connectivity index (χ4v) is 6.80. The Hall–Kier alpha value is -1.85. The molecule has 0 fully saturated rings. The van der Waals surface area contributed by atoms with E-state index in [0.717, 1.165) is 77.0 Å². The van der Waals surface area contributed by atoms with Crippen LogP contribution in [-0.4, -0.2) is 37.2 Å². The number of esters is 3. The minimum Gasteiger partial charge on any atom is -0.462 e. The molecule has 6 heteroatoms. The molecule has 0 unspecified atom stereocenters. The molecule has 6 nitrogen and oxygen atoms in total. The summed E-state index contributed by atoms with van der Waals surface area (Å²) < 4.78 is 16.7. The van der Waals surface area contributed by atoms with E-state index in [0.29, 0.717) is 19.3 Å². The van der Waals surface area contributed by atoms with E-state index in [-0.39, 0.29) is 31.1 Å². The van der Waals surface area contributed by atoms with Crippen molar-refractivity contribution in [1.82, 2.24) is 0 Å². The van der Waals surface area contributed by atoms with Gasteiger partial charge in [-0.1, -0.05) is 206 Å². The van der Waals surface area contributed by atoms with E-state index in [4.69, 9.17) is 14.2 Å². The lowest BCUT2D eigenvalue weighted by Crippen LogP contribution is -2.30. The molecule has 0 amide bonds. The average molecular weight is 749 g/mol. The summed E-state index contributed by atoms with van der Waals surface area (Å²) in [7, 11) is 0. The van der Waals surface area contributed by atoms with Gasteiger partial charge in [-0.05, 0) is 38.5 Å². The van der Waals surface area contributed by atoms with Crippen molar-refractivity contribution in [3.05, 3.63) is 12.2 Å². The van der Waals surface area contributed by atoms with Gasteiger partial charge in [-0.3, -0.25) is 14.4 Å². The fourth-order valence-electron chi connectivity index (χ4n) is 6.80. The maximum atomic E-state index is 12.7. The van der Waals surface area contributed by atoms with Crippen LogP contribution < -0.4 is 0 Å². The SMILES string of the molecule is CC/C=C\CCCCCCCC(=O)OC(COC(=O)CCCCCCCCCCCCCCC)COC(=O)CCCCCCCCCCCCCCC. The fraction of sp³-hybridized carbons (Fsp3) is 0.894. The maximum absolute atomic E-state index is 12.7. The Labute approximate surface area is 329 Å². The maximum Gasteiger partial charge on any atom is 0.306 e. The van der Waals surface area contributed by atoms with E-state index >= 15 is 0 Å². The van der Waals surface area contributed by atoms with Crippen molar-refractivity contribution < 1.29 is 28.6 Å². The zero-order chi connectivity index (χ0) is 38.7. The molecule has 0 aromatic rings. The van der Waals surface area contributed by atoms with Gasteiger partial charge in [-0.25, -0.2) is 0 Å². The van der Waals surface area contributed by atoms with Crippen LogP contribution >= 0.6 is 0 Å². The molecule has 0 aromatic carbocycles. The molecular weight excluding hydrogens is 661 g/mol. The first-order valence-corrected chi connectivity index (χ1v) is 23.2. The molecule has 0 heterocycles. The van der Waals surface area contributed by atoms with Crippen molar-refractivity contribution in [3.8, 4) is 0 Å². The largest absolute Gasteiger partial charge is 0.462 e. The Bertz CT molecular complexity index is 778. The van der Waals surface area contributed by atoms with Crippen LogP contribution in [0.25, 0.3) is 0 Å². The first-order valence-electron chi connectivity index (χ1n) is 23.2. The molecule has 0 atom stereocenters. The van der Waals surface area contributed by atoms with Crippen molar-refractivity contribution in [2.45, 2.75) is 258 Å². The predicted molar refractivity (Wildman–Crippen MR) is 224 cm³/mol. The molecule has 0 aliphatic heterocycles. The lowest BCUT2D eigenvalue weighted by Gasteiger charge is -2.18. The molecule has 0 aliphatic rings. The third kappa shape index (κ3) is 41.2.